The Kier molecular flexibility index (Phi) is 5.76. The second-order valence-corrected chi connectivity index (χ2v) is 6.87. The Morgan fingerprint density at radius 1 is 1.00 bits per heavy atom. The number of benzene rings is 1. The SMILES string of the molecule is O=C(CCNC(=O)Nc1ccccc1)Nc1nc(-c2cccs2)cs1. The van der Waals surface area contributed by atoms with E-state index in [4.69, 9.17) is 0 Å². The fraction of sp³-hybridized carbons (Fsp3) is 0.118. The van der Waals surface area contributed by atoms with Gasteiger partial charge in [0, 0.05) is 24.0 Å². The zero-order valence-corrected chi connectivity index (χ0v) is 14.8. The number of nitrogens with one attached hydrogen (secondary N) is 3. The number of nitrogens with zero attached hydrogens (tertiary/aromatic N) is 1. The molecule has 0 atom stereocenters. The van der Waals surface area contributed by atoms with E-state index in [1.807, 2.05) is 41.1 Å². The topological polar surface area (TPSA) is 83.1 Å². The molecule has 0 radical (unpaired) electrons. The third-order valence-corrected chi connectivity index (χ3v) is 4.84. The van der Waals surface area contributed by atoms with Gasteiger partial charge in [-0.25, -0.2) is 9.78 Å². The molecule has 0 saturated heterocycles. The van der Waals surface area contributed by atoms with Crippen LogP contribution in [0.1, 0.15) is 6.42 Å². The molecule has 0 fully saturated rings. The van der Waals surface area contributed by atoms with Crippen LogP contribution in [0.4, 0.5) is 15.6 Å². The van der Waals surface area contributed by atoms with E-state index in [1.165, 1.54) is 11.3 Å². The minimum atomic E-state index is -0.340. The average molecular weight is 372 g/mol. The summed E-state index contributed by atoms with van der Waals surface area (Å²) < 4.78 is 0. The van der Waals surface area contributed by atoms with Gasteiger partial charge in [-0.3, -0.25) is 4.79 Å². The number of thiazole rings is 1. The van der Waals surface area contributed by atoms with Crippen LogP contribution < -0.4 is 16.0 Å². The predicted octanol–water partition coefficient (Wildman–Crippen LogP) is 4.02. The Bertz CT molecular complexity index is 831. The highest BCUT2D eigenvalue weighted by Gasteiger charge is 2.09. The quantitative estimate of drug-likeness (QED) is 0.611. The van der Waals surface area contributed by atoms with E-state index in [-0.39, 0.29) is 24.9 Å². The number of carbonyl (C=O) groups excluding carboxylic acids is 2. The molecule has 128 valence electrons. The largest absolute Gasteiger partial charge is 0.337 e. The summed E-state index contributed by atoms with van der Waals surface area (Å²) in [7, 11) is 0. The van der Waals surface area contributed by atoms with E-state index < -0.39 is 0 Å². The minimum Gasteiger partial charge on any atom is -0.337 e. The normalized spacial score (nSPS) is 10.2. The molecule has 3 rings (SSSR count). The van der Waals surface area contributed by atoms with E-state index in [0.29, 0.717) is 10.8 Å². The summed E-state index contributed by atoms with van der Waals surface area (Å²) in [6.07, 6.45) is 0.177. The highest BCUT2D eigenvalue weighted by atomic mass is 32.1. The molecule has 0 bridgehead atoms. The zero-order chi connectivity index (χ0) is 17.5. The van der Waals surface area contributed by atoms with Gasteiger partial charge >= 0.3 is 6.03 Å². The van der Waals surface area contributed by atoms with Crippen molar-refractivity contribution < 1.29 is 9.59 Å². The van der Waals surface area contributed by atoms with Crippen molar-refractivity contribution >= 4 is 45.4 Å². The van der Waals surface area contributed by atoms with E-state index in [9.17, 15) is 9.59 Å². The molecule has 25 heavy (non-hydrogen) atoms. The second-order valence-electron chi connectivity index (χ2n) is 5.06. The summed E-state index contributed by atoms with van der Waals surface area (Å²) in [6, 6.07) is 12.7. The number of hydrogen-bond donors (Lipinski definition) is 3. The van der Waals surface area contributed by atoms with Crippen molar-refractivity contribution in [3.63, 3.8) is 0 Å². The summed E-state index contributed by atoms with van der Waals surface area (Å²) in [5.41, 5.74) is 1.56. The molecule has 1 aromatic carbocycles. The molecule has 6 nitrogen and oxygen atoms in total. The molecule has 0 aliphatic heterocycles. The molecule has 0 spiro atoms. The van der Waals surface area contributed by atoms with Crippen LogP contribution in [-0.4, -0.2) is 23.5 Å². The highest BCUT2D eigenvalue weighted by Crippen LogP contribution is 2.28. The van der Waals surface area contributed by atoms with Crippen LogP contribution in [0.25, 0.3) is 10.6 Å². The van der Waals surface area contributed by atoms with Gasteiger partial charge in [-0.15, -0.1) is 22.7 Å². The van der Waals surface area contributed by atoms with Crippen LogP contribution in [0.2, 0.25) is 0 Å². The second kappa shape index (κ2) is 8.41. The van der Waals surface area contributed by atoms with Gasteiger partial charge in [0.05, 0.1) is 10.6 Å². The number of urea groups is 1. The van der Waals surface area contributed by atoms with Gasteiger partial charge in [-0.1, -0.05) is 24.3 Å². The van der Waals surface area contributed by atoms with Crippen LogP contribution in [0.3, 0.4) is 0 Å². The van der Waals surface area contributed by atoms with Crippen LogP contribution in [-0.2, 0) is 4.79 Å². The van der Waals surface area contributed by atoms with E-state index >= 15 is 0 Å². The molecule has 3 N–H and O–H groups in total. The number of para-hydroxylation sites is 1. The number of amides is 3. The number of aromatic nitrogens is 1. The molecule has 0 unspecified atom stereocenters. The van der Waals surface area contributed by atoms with Crippen LogP contribution in [0.5, 0.6) is 0 Å². The average Bonchev–Trinajstić information content (AvgIpc) is 3.27. The summed E-state index contributed by atoms with van der Waals surface area (Å²) in [5, 5.41) is 12.5. The smallest absolute Gasteiger partial charge is 0.319 e. The summed E-state index contributed by atoms with van der Waals surface area (Å²) >= 11 is 2.98. The molecular weight excluding hydrogens is 356 g/mol. The van der Waals surface area contributed by atoms with Crippen molar-refractivity contribution in [1.29, 1.82) is 0 Å². The molecule has 0 aliphatic carbocycles. The maximum absolute atomic E-state index is 11.9. The highest BCUT2D eigenvalue weighted by molar-refractivity contribution is 7.16. The Morgan fingerprint density at radius 2 is 1.84 bits per heavy atom. The monoisotopic (exact) mass is 372 g/mol. The van der Waals surface area contributed by atoms with E-state index in [2.05, 4.69) is 20.9 Å². The fourth-order valence-corrected chi connectivity index (χ4v) is 3.52. The van der Waals surface area contributed by atoms with Gasteiger partial charge in [-0.05, 0) is 23.6 Å². The lowest BCUT2D eigenvalue weighted by Gasteiger charge is -2.07. The Labute approximate surface area is 152 Å². The Balaban J connectivity index is 1.40. The summed E-state index contributed by atoms with van der Waals surface area (Å²) in [6.45, 7) is 0.244. The van der Waals surface area contributed by atoms with Crippen molar-refractivity contribution in [2.24, 2.45) is 0 Å². The van der Waals surface area contributed by atoms with Gasteiger partial charge in [0.15, 0.2) is 5.13 Å². The van der Waals surface area contributed by atoms with Gasteiger partial charge in [0.2, 0.25) is 5.91 Å². The first-order valence-corrected chi connectivity index (χ1v) is 9.36. The molecule has 2 heterocycles. The number of rotatable bonds is 6. The van der Waals surface area contributed by atoms with Crippen molar-refractivity contribution in [3.05, 3.63) is 53.2 Å². The van der Waals surface area contributed by atoms with Crippen molar-refractivity contribution in [2.45, 2.75) is 6.42 Å². The Morgan fingerprint density at radius 3 is 2.60 bits per heavy atom. The molecule has 3 amide bonds. The first kappa shape index (κ1) is 17.1. The molecular formula is C17H16N4O2S2. The standard InChI is InChI=1S/C17H16N4O2S2/c22-15(8-9-18-16(23)19-12-5-2-1-3-6-12)21-17-20-13(11-25-17)14-7-4-10-24-14/h1-7,10-11H,8-9H2,(H2,18,19,23)(H,20,21,22). The maximum Gasteiger partial charge on any atom is 0.319 e. The minimum absolute atomic E-state index is 0.177. The molecule has 8 heteroatoms. The summed E-state index contributed by atoms with van der Waals surface area (Å²) in [5.74, 6) is -0.188. The van der Waals surface area contributed by atoms with Gasteiger partial charge in [-0.2, -0.15) is 0 Å². The van der Waals surface area contributed by atoms with Gasteiger partial charge < -0.3 is 16.0 Å². The van der Waals surface area contributed by atoms with Gasteiger partial charge in [0.1, 0.15) is 0 Å². The predicted molar refractivity (Wildman–Crippen MR) is 102 cm³/mol. The van der Waals surface area contributed by atoms with E-state index in [1.54, 1.807) is 23.5 Å². The van der Waals surface area contributed by atoms with E-state index in [0.717, 1.165) is 10.6 Å². The zero-order valence-electron chi connectivity index (χ0n) is 13.2. The lowest BCUT2D eigenvalue weighted by molar-refractivity contribution is -0.116. The molecule has 0 aliphatic rings. The number of hydrogen-bond acceptors (Lipinski definition) is 5. The molecule has 3 aromatic rings. The third-order valence-electron chi connectivity index (χ3n) is 3.19. The molecule has 2 aromatic heterocycles. The maximum atomic E-state index is 11.9. The van der Waals surface area contributed by atoms with Crippen LogP contribution in [0.15, 0.2) is 53.2 Å². The van der Waals surface area contributed by atoms with Crippen LogP contribution >= 0.6 is 22.7 Å². The molecule has 0 saturated carbocycles. The van der Waals surface area contributed by atoms with Crippen molar-refractivity contribution in [1.82, 2.24) is 10.3 Å². The van der Waals surface area contributed by atoms with Crippen LogP contribution in [0, 0.1) is 0 Å². The first-order valence-electron chi connectivity index (χ1n) is 7.60. The number of anilines is 2. The lowest BCUT2D eigenvalue weighted by Crippen LogP contribution is -2.31. The Hall–Kier alpha value is -2.71. The third kappa shape index (κ3) is 5.13. The summed E-state index contributed by atoms with van der Waals surface area (Å²) in [4.78, 5) is 29.1. The van der Waals surface area contributed by atoms with Gasteiger partial charge in [0.25, 0.3) is 0 Å². The first-order chi connectivity index (χ1) is 12.2. The fourth-order valence-electron chi connectivity index (χ4n) is 2.04. The van der Waals surface area contributed by atoms with Crippen molar-refractivity contribution in [3.8, 4) is 10.6 Å². The number of carbonyl (C=O) groups is 2. The number of thiophene rings is 1. The lowest BCUT2D eigenvalue weighted by atomic mass is 10.3. The van der Waals surface area contributed by atoms with Crippen molar-refractivity contribution in [2.75, 3.05) is 17.2 Å².